The number of hydrogen-bond acceptors (Lipinski definition) is 5. The Bertz CT molecular complexity index is 1130. The molecule has 1 aliphatic rings. The quantitative estimate of drug-likeness (QED) is 0.699. The molecule has 27 heavy (non-hydrogen) atoms. The largest absolute Gasteiger partial charge is 0.353 e. The zero-order valence-corrected chi connectivity index (χ0v) is 14.7. The van der Waals surface area contributed by atoms with Crippen LogP contribution in [-0.4, -0.2) is 31.8 Å². The van der Waals surface area contributed by atoms with Crippen LogP contribution in [0.1, 0.15) is 17.7 Å². The van der Waals surface area contributed by atoms with Crippen molar-refractivity contribution in [3.05, 3.63) is 68.6 Å². The van der Waals surface area contributed by atoms with Crippen LogP contribution in [0.4, 0.5) is 0 Å². The molecule has 1 N–H and O–H groups in total. The van der Waals surface area contributed by atoms with Gasteiger partial charge < -0.3 is 5.32 Å². The summed E-state index contributed by atoms with van der Waals surface area (Å²) in [4.78, 5) is 40.8. The molecule has 0 aliphatic heterocycles. The van der Waals surface area contributed by atoms with Crippen LogP contribution >= 0.6 is 0 Å². The van der Waals surface area contributed by atoms with Gasteiger partial charge in [-0.05, 0) is 37.0 Å². The maximum absolute atomic E-state index is 12.4. The van der Waals surface area contributed by atoms with Gasteiger partial charge in [0.1, 0.15) is 6.54 Å². The molecule has 0 atom stereocenters. The summed E-state index contributed by atoms with van der Waals surface area (Å²) in [5.74, 6) is -0.316. The Morgan fingerprint density at radius 1 is 1.19 bits per heavy atom. The lowest BCUT2D eigenvalue weighted by atomic mass is 10.2. The number of para-hydroxylation sites is 1. The van der Waals surface area contributed by atoms with E-state index in [1.54, 1.807) is 30.3 Å². The summed E-state index contributed by atoms with van der Waals surface area (Å²) < 4.78 is 2.66. The van der Waals surface area contributed by atoms with Crippen molar-refractivity contribution in [1.82, 2.24) is 24.6 Å². The first kappa shape index (κ1) is 17.1. The van der Waals surface area contributed by atoms with Gasteiger partial charge in [-0.25, -0.2) is 9.67 Å². The second-order valence-corrected chi connectivity index (χ2v) is 6.58. The SMILES string of the molecule is O=C(Cn1cnc2ccccc2c1=O)NCCn1nc2c(cc1=O)CCC2. The summed E-state index contributed by atoms with van der Waals surface area (Å²) in [5.41, 5.74) is 2.19. The van der Waals surface area contributed by atoms with Gasteiger partial charge in [0, 0.05) is 12.6 Å². The van der Waals surface area contributed by atoms with E-state index in [1.807, 2.05) is 0 Å². The van der Waals surface area contributed by atoms with E-state index >= 15 is 0 Å². The molecule has 8 nitrogen and oxygen atoms in total. The number of carbonyl (C=O) groups excluding carboxylic acids is 1. The van der Waals surface area contributed by atoms with Crippen molar-refractivity contribution in [3.8, 4) is 0 Å². The number of nitrogens with zero attached hydrogens (tertiary/aromatic N) is 4. The molecule has 0 bridgehead atoms. The van der Waals surface area contributed by atoms with E-state index in [-0.39, 0.29) is 30.1 Å². The first-order chi connectivity index (χ1) is 13.1. The number of nitrogens with one attached hydrogen (secondary N) is 1. The molecule has 0 saturated heterocycles. The second kappa shape index (κ2) is 7.14. The van der Waals surface area contributed by atoms with Crippen molar-refractivity contribution in [2.75, 3.05) is 6.54 Å². The van der Waals surface area contributed by atoms with Gasteiger partial charge in [-0.2, -0.15) is 5.10 Å². The molecule has 1 amide bonds. The monoisotopic (exact) mass is 365 g/mol. The van der Waals surface area contributed by atoms with Gasteiger partial charge in [0.25, 0.3) is 11.1 Å². The van der Waals surface area contributed by atoms with E-state index < -0.39 is 0 Å². The predicted molar refractivity (Wildman–Crippen MR) is 99.5 cm³/mol. The highest BCUT2D eigenvalue weighted by Crippen LogP contribution is 2.16. The molecule has 138 valence electrons. The number of carbonyl (C=O) groups is 1. The van der Waals surface area contributed by atoms with E-state index in [0.29, 0.717) is 17.4 Å². The second-order valence-electron chi connectivity index (χ2n) is 6.58. The predicted octanol–water partition coefficient (Wildman–Crippen LogP) is 0.258. The van der Waals surface area contributed by atoms with Gasteiger partial charge in [-0.3, -0.25) is 19.0 Å². The third-order valence-electron chi connectivity index (χ3n) is 4.72. The number of rotatable bonds is 5. The van der Waals surface area contributed by atoms with Crippen molar-refractivity contribution >= 4 is 16.8 Å². The van der Waals surface area contributed by atoms with E-state index in [9.17, 15) is 14.4 Å². The molecule has 0 radical (unpaired) electrons. The van der Waals surface area contributed by atoms with Gasteiger partial charge in [0.15, 0.2) is 0 Å². The lowest BCUT2D eigenvalue weighted by Crippen LogP contribution is -2.36. The Morgan fingerprint density at radius 3 is 2.93 bits per heavy atom. The Kier molecular flexibility index (Phi) is 4.53. The summed E-state index contributed by atoms with van der Waals surface area (Å²) in [7, 11) is 0. The lowest BCUT2D eigenvalue weighted by molar-refractivity contribution is -0.121. The maximum atomic E-state index is 12.4. The van der Waals surface area contributed by atoms with E-state index in [0.717, 1.165) is 30.5 Å². The van der Waals surface area contributed by atoms with Crippen molar-refractivity contribution in [1.29, 1.82) is 0 Å². The first-order valence-electron chi connectivity index (χ1n) is 8.92. The topological polar surface area (TPSA) is 98.9 Å². The molecule has 1 aromatic carbocycles. The fourth-order valence-corrected chi connectivity index (χ4v) is 3.33. The van der Waals surface area contributed by atoms with E-state index in [1.165, 1.54) is 15.6 Å². The van der Waals surface area contributed by atoms with Crippen LogP contribution in [-0.2, 0) is 30.7 Å². The zero-order valence-electron chi connectivity index (χ0n) is 14.7. The molecule has 0 spiro atoms. The summed E-state index contributed by atoms with van der Waals surface area (Å²) in [6.07, 6.45) is 4.19. The summed E-state index contributed by atoms with van der Waals surface area (Å²) in [6.45, 7) is 0.437. The van der Waals surface area contributed by atoms with Gasteiger partial charge >= 0.3 is 0 Å². The molecular formula is C19H19N5O3. The summed E-state index contributed by atoms with van der Waals surface area (Å²) >= 11 is 0. The minimum atomic E-state index is -0.316. The van der Waals surface area contributed by atoms with Gasteiger partial charge in [-0.15, -0.1) is 0 Å². The molecule has 2 heterocycles. The van der Waals surface area contributed by atoms with Gasteiger partial charge in [-0.1, -0.05) is 12.1 Å². The van der Waals surface area contributed by atoms with Crippen molar-refractivity contribution in [2.24, 2.45) is 0 Å². The minimum absolute atomic E-state index is 0.122. The maximum Gasteiger partial charge on any atom is 0.267 e. The molecule has 0 fully saturated rings. The fraction of sp³-hybridized carbons (Fsp3) is 0.316. The Labute approximate surface area is 154 Å². The normalized spacial score (nSPS) is 12.9. The van der Waals surface area contributed by atoms with Crippen LogP contribution in [0.5, 0.6) is 0 Å². The standard InChI is InChI=1S/C19H19N5O3/c25-17(11-23-12-21-16-6-2-1-5-14(16)19(23)27)20-8-9-24-18(26)10-13-4-3-7-15(13)22-24/h1-2,5-6,10,12H,3-4,7-9,11H2,(H,20,25). The zero-order chi connectivity index (χ0) is 18.8. The van der Waals surface area contributed by atoms with Crippen LogP contribution < -0.4 is 16.4 Å². The third kappa shape index (κ3) is 3.51. The molecule has 1 aliphatic carbocycles. The van der Waals surface area contributed by atoms with E-state index in [2.05, 4.69) is 15.4 Å². The number of aryl methyl sites for hydroxylation is 2. The van der Waals surface area contributed by atoms with Crippen LogP contribution in [0.3, 0.4) is 0 Å². The number of amides is 1. The number of aromatic nitrogens is 4. The highest BCUT2D eigenvalue weighted by Gasteiger charge is 2.14. The summed E-state index contributed by atoms with van der Waals surface area (Å²) in [5, 5.41) is 7.57. The minimum Gasteiger partial charge on any atom is -0.353 e. The van der Waals surface area contributed by atoms with E-state index in [4.69, 9.17) is 0 Å². The number of benzene rings is 1. The van der Waals surface area contributed by atoms with Crippen molar-refractivity contribution < 1.29 is 4.79 Å². The average molecular weight is 365 g/mol. The van der Waals surface area contributed by atoms with Crippen LogP contribution in [0.25, 0.3) is 10.9 Å². The molecule has 2 aromatic heterocycles. The number of fused-ring (bicyclic) bond motifs is 2. The Balaban J connectivity index is 1.39. The van der Waals surface area contributed by atoms with Crippen LogP contribution in [0.15, 0.2) is 46.2 Å². The highest BCUT2D eigenvalue weighted by atomic mass is 16.2. The molecule has 0 unspecified atom stereocenters. The highest BCUT2D eigenvalue weighted by molar-refractivity contribution is 5.78. The van der Waals surface area contributed by atoms with Crippen LogP contribution in [0.2, 0.25) is 0 Å². The third-order valence-corrected chi connectivity index (χ3v) is 4.72. The van der Waals surface area contributed by atoms with Crippen LogP contribution in [0, 0.1) is 0 Å². The van der Waals surface area contributed by atoms with Crippen molar-refractivity contribution in [2.45, 2.75) is 32.4 Å². The summed E-state index contributed by atoms with van der Waals surface area (Å²) in [6, 6.07) is 8.64. The number of hydrogen-bond donors (Lipinski definition) is 1. The molecule has 4 rings (SSSR count). The first-order valence-corrected chi connectivity index (χ1v) is 8.92. The van der Waals surface area contributed by atoms with Crippen molar-refractivity contribution in [3.63, 3.8) is 0 Å². The average Bonchev–Trinajstić information content (AvgIpc) is 3.11. The molecular weight excluding hydrogens is 346 g/mol. The fourth-order valence-electron chi connectivity index (χ4n) is 3.33. The van der Waals surface area contributed by atoms with Gasteiger partial charge in [0.2, 0.25) is 5.91 Å². The Morgan fingerprint density at radius 2 is 2.04 bits per heavy atom. The van der Waals surface area contributed by atoms with Gasteiger partial charge in [0.05, 0.1) is 29.5 Å². The Hall–Kier alpha value is -3.29. The lowest BCUT2D eigenvalue weighted by Gasteiger charge is -2.09. The smallest absolute Gasteiger partial charge is 0.267 e. The molecule has 3 aromatic rings. The molecule has 0 saturated carbocycles. The molecule has 8 heteroatoms.